The van der Waals surface area contributed by atoms with E-state index in [1.165, 1.54) is 12.8 Å². The van der Waals surface area contributed by atoms with E-state index in [1.807, 2.05) is 7.05 Å². The Balaban J connectivity index is 0.00000144. The third-order valence-electron chi connectivity index (χ3n) is 2.91. The molecule has 1 aliphatic rings. The van der Waals surface area contributed by atoms with Crippen LogP contribution in [0.15, 0.2) is 18.2 Å². The Bertz CT molecular complexity index is 393. The molecule has 4 nitrogen and oxygen atoms in total. The van der Waals surface area contributed by atoms with Crippen molar-refractivity contribution in [2.75, 3.05) is 19.3 Å². The lowest BCUT2D eigenvalue weighted by Gasteiger charge is -2.16. The van der Waals surface area contributed by atoms with Crippen molar-refractivity contribution >= 4 is 24.1 Å². The summed E-state index contributed by atoms with van der Waals surface area (Å²) in [5.74, 6) is 1.18. The van der Waals surface area contributed by atoms with Gasteiger partial charge >= 0.3 is 0 Å². The van der Waals surface area contributed by atoms with Crippen LogP contribution in [0.3, 0.4) is 0 Å². The summed E-state index contributed by atoms with van der Waals surface area (Å²) in [6, 6.07) is 5.14. The van der Waals surface area contributed by atoms with Gasteiger partial charge in [0.25, 0.3) is 5.91 Å². The zero-order chi connectivity index (χ0) is 11.5. The van der Waals surface area contributed by atoms with E-state index in [0.717, 1.165) is 18.9 Å². The number of aromatic nitrogens is 1. The van der Waals surface area contributed by atoms with Crippen molar-refractivity contribution < 1.29 is 4.79 Å². The second-order valence-corrected chi connectivity index (χ2v) is 4.41. The number of nitrogens with two attached hydrogens (primary N) is 1. The number of anilines is 1. The predicted octanol–water partition coefficient (Wildman–Crippen LogP) is 1.96. The molecule has 0 bridgehead atoms. The average Bonchev–Trinajstić information content (AvgIpc) is 3.08. The number of amides is 1. The summed E-state index contributed by atoms with van der Waals surface area (Å²) in [7, 11) is 1.82. The monoisotopic (exact) mass is 255 g/mol. The first-order chi connectivity index (χ1) is 7.66. The zero-order valence-electron chi connectivity index (χ0n) is 9.93. The predicted molar refractivity (Wildman–Crippen MR) is 70.2 cm³/mol. The van der Waals surface area contributed by atoms with Crippen molar-refractivity contribution in [3.8, 4) is 0 Å². The maximum Gasteiger partial charge on any atom is 0.272 e. The Hall–Kier alpha value is -1.29. The molecule has 1 saturated carbocycles. The minimum Gasteiger partial charge on any atom is -0.384 e. The molecule has 1 aromatic heterocycles. The molecule has 5 heteroatoms. The number of rotatable bonds is 4. The van der Waals surface area contributed by atoms with Gasteiger partial charge in [-0.15, -0.1) is 12.4 Å². The van der Waals surface area contributed by atoms with Gasteiger partial charge in [-0.1, -0.05) is 18.9 Å². The molecular formula is C12H18ClN3O. The van der Waals surface area contributed by atoms with Crippen molar-refractivity contribution in [3.63, 3.8) is 0 Å². The van der Waals surface area contributed by atoms with E-state index < -0.39 is 0 Å². The summed E-state index contributed by atoms with van der Waals surface area (Å²) in [4.78, 5) is 17.7. The Morgan fingerprint density at radius 2 is 2.24 bits per heavy atom. The van der Waals surface area contributed by atoms with Gasteiger partial charge in [-0.3, -0.25) is 4.79 Å². The number of nitrogen functional groups attached to an aromatic ring is 1. The zero-order valence-corrected chi connectivity index (χ0v) is 10.7. The van der Waals surface area contributed by atoms with Crippen LogP contribution in [-0.2, 0) is 0 Å². The van der Waals surface area contributed by atoms with Crippen LogP contribution >= 0.6 is 12.4 Å². The van der Waals surface area contributed by atoms with Gasteiger partial charge in [0.05, 0.1) is 0 Å². The Morgan fingerprint density at radius 1 is 1.53 bits per heavy atom. The fraction of sp³-hybridized carbons (Fsp3) is 0.500. The van der Waals surface area contributed by atoms with Gasteiger partial charge in [-0.05, 0) is 24.5 Å². The highest BCUT2D eigenvalue weighted by atomic mass is 35.5. The lowest BCUT2D eigenvalue weighted by Crippen LogP contribution is -2.28. The van der Waals surface area contributed by atoms with E-state index in [0.29, 0.717) is 11.5 Å². The van der Waals surface area contributed by atoms with Crippen molar-refractivity contribution in [1.29, 1.82) is 0 Å². The quantitative estimate of drug-likeness (QED) is 0.895. The molecule has 1 heterocycles. The molecule has 0 aliphatic heterocycles. The normalized spacial score (nSPS) is 13.9. The van der Waals surface area contributed by atoms with Gasteiger partial charge in [0.1, 0.15) is 11.5 Å². The molecular weight excluding hydrogens is 238 g/mol. The third-order valence-corrected chi connectivity index (χ3v) is 2.91. The second-order valence-electron chi connectivity index (χ2n) is 4.41. The molecule has 0 aromatic carbocycles. The van der Waals surface area contributed by atoms with Crippen LogP contribution in [0.1, 0.15) is 29.8 Å². The van der Waals surface area contributed by atoms with Gasteiger partial charge in [0, 0.05) is 13.6 Å². The molecule has 1 aliphatic carbocycles. The molecule has 0 atom stereocenters. The molecule has 1 aromatic rings. The summed E-state index contributed by atoms with van der Waals surface area (Å²) < 4.78 is 0. The lowest BCUT2D eigenvalue weighted by atomic mass is 10.2. The fourth-order valence-corrected chi connectivity index (χ4v) is 1.65. The molecule has 0 unspecified atom stereocenters. The van der Waals surface area contributed by atoms with Crippen LogP contribution < -0.4 is 5.73 Å². The molecule has 94 valence electrons. The van der Waals surface area contributed by atoms with Gasteiger partial charge in [-0.2, -0.15) is 0 Å². The largest absolute Gasteiger partial charge is 0.384 e. The SMILES string of the molecule is CN(CCC1CC1)C(=O)c1cccc(N)n1.Cl. The molecule has 2 rings (SSSR count). The highest BCUT2D eigenvalue weighted by Gasteiger charge is 2.22. The van der Waals surface area contributed by atoms with Crippen LogP contribution in [0.25, 0.3) is 0 Å². The number of hydrogen-bond acceptors (Lipinski definition) is 3. The minimum atomic E-state index is -0.0482. The third kappa shape index (κ3) is 3.89. The summed E-state index contributed by atoms with van der Waals surface area (Å²) >= 11 is 0. The topological polar surface area (TPSA) is 59.2 Å². The Labute approximate surface area is 108 Å². The van der Waals surface area contributed by atoms with Crippen LogP contribution in [0.4, 0.5) is 5.82 Å². The van der Waals surface area contributed by atoms with Gasteiger partial charge < -0.3 is 10.6 Å². The number of carbonyl (C=O) groups excluding carboxylic acids is 1. The molecule has 17 heavy (non-hydrogen) atoms. The van der Waals surface area contributed by atoms with E-state index in [1.54, 1.807) is 23.1 Å². The molecule has 0 saturated heterocycles. The lowest BCUT2D eigenvalue weighted by molar-refractivity contribution is 0.0786. The number of carbonyl (C=O) groups is 1. The summed E-state index contributed by atoms with van der Waals surface area (Å²) in [5, 5.41) is 0. The first-order valence-electron chi connectivity index (χ1n) is 5.65. The summed E-state index contributed by atoms with van der Waals surface area (Å²) in [5.41, 5.74) is 5.98. The van der Waals surface area contributed by atoms with E-state index in [2.05, 4.69) is 4.98 Å². The van der Waals surface area contributed by atoms with E-state index in [-0.39, 0.29) is 18.3 Å². The van der Waals surface area contributed by atoms with Crippen LogP contribution in [0.5, 0.6) is 0 Å². The molecule has 0 radical (unpaired) electrons. The van der Waals surface area contributed by atoms with Crippen LogP contribution in [0, 0.1) is 5.92 Å². The van der Waals surface area contributed by atoms with Gasteiger partial charge in [0.2, 0.25) is 0 Å². The smallest absolute Gasteiger partial charge is 0.272 e. The number of hydrogen-bond donors (Lipinski definition) is 1. The maximum atomic E-state index is 11.9. The Kier molecular flexibility index (Phi) is 4.75. The molecule has 1 amide bonds. The minimum absolute atomic E-state index is 0. The van der Waals surface area contributed by atoms with Crippen molar-refractivity contribution in [2.24, 2.45) is 5.92 Å². The highest BCUT2D eigenvalue weighted by molar-refractivity contribution is 5.92. The van der Waals surface area contributed by atoms with Gasteiger partial charge in [0.15, 0.2) is 0 Å². The van der Waals surface area contributed by atoms with Crippen LogP contribution in [-0.4, -0.2) is 29.4 Å². The maximum absolute atomic E-state index is 11.9. The standard InChI is InChI=1S/C12H17N3O.ClH/c1-15(8-7-9-5-6-9)12(16)10-3-2-4-11(13)14-10;/h2-4,9H,5-8H2,1H3,(H2,13,14);1H. The highest BCUT2D eigenvalue weighted by Crippen LogP contribution is 2.32. The molecule has 0 spiro atoms. The van der Waals surface area contributed by atoms with Crippen molar-refractivity contribution in [3.05, 3.63) is 23.9 Å². The number of pyridine rings is 1. The van der Waals surface area contributed by atoms with E-state index in [9.17, 15) is 4.79 Å². The summed E-state index contributed by atoms with van der Waals surface area (Å²) in [6.07, 6.45) is 3.74. The van der Waals surface area contributed by atoms with E-state index >= 15 is 0 Å². The van der Waals surface area contributed by atoms with E-state index in [4.69, 9.17) is 5.73 Å². The molecule has 1 fully saturated rings. The number of halogens is 1. The van der Waals surface area contributed by atoms with Gasteiger partial charge in [-0.25, -0.2) is 4.98 Å². The fourth-order valence-electron chi connectivity index (χ4n) is 1.65. The Morgan fingerprint density at radius 3 is 2.82 bits per heavy atom. The van der Waals surface area contributed by atoms with Crippen molar-refractivity contribution in [2.45, 2.75) is 19.3 Å². The first-order valence-corrected chi connectivity index (χ1v) is 5.65. The number of nitrogens with zero attached hydrogens (tertiary/aromatic N) is 2. The van der Waals surface area contributed by atoms with Crippen LogP contribution in [0.2, 0.25) is 0 Å². The molecule has 2 N–H and O–H groups in total. The van der Waals surface area contributed by atoms with Crippen molar-refractivity contribution in [1.82, 2.24) is 9.88 Å². The first kappa shape index (κ1) is 13.8. The summed E-state index contributed by atoms with van der Waals surface area (Å²) in [6.45, 7) is 0.806. The second kappa shape index (κ2) is 5.87. The average molecular weight is 256 g/mol.